The topological polar surface area (TPSA) is 37.4 Å². The highest BCUT2D eigenvalue weighted by atomic mass is 16.2. The van der Waals surface area contributed by atoms with Crippen molar-refractivity contribution in [1.82, 2.24) is 0 Å². The molecule has 1 aromatic carbocycles. The third kappa shape index (κ3) is 12.2. The van der Waals surface area contributed by atoms with Crippen molar-refractivity contribution in [2.45, 2.75) is 67.2 Å². The second-order valence-electron chi connectivity index (χ2n) is 5.92. The Morgan fingerprint density at radius 1 is 1.16 bits per heavy atom. The molecule has 0 spiro atoms. The minimum atomic E-state index is 0.0234. The molecule has 0 fully saturated rings. The maximum Gasteiger partial charge on any atom is 0.223 e. The van der Waals surface area contributed by atoms with E-state index in [1.54, 1.807) is 18.9 Å². The van der Waals surface area contributed by atoms with Crippen molar-refractivity contribution in [2.24, 2.45) is 5.92 Å². The number of aryl methyl sites for hydroxylation is 1. The molecule has 0 aliphatic carbocycles. The van der Waals surface area contributed by atoms with Gasteiger partial charge in [0, 0.05) is 32.0 Å². The number of carbonyl (C=O) groups is 2. The molecule has 142 valence electrons. The molecule has 0 saturated carbocycles. The van der Waals surface area contributed by atoms with Gasteiger partial charge in [-0.3, -0.25) is 9.59 Å². The van der Waals surface area contributed by atoms with E-state index in [4.69, 9.17) is 0 Å². The van der Waals surface area contributed by atoms with Gasteiger partial charge >= 0.3 is 0 Å². The summed E-state index contributed by atoms with van der Waals surface area (Å²) in [4.78, 5) is 24.4. The number of rotatable bonds is 7. The molecule has 1 aromatic rings. The molecule has 0 unspecified atom stereocenters. The second-order valence-corrected chi connectivity index (χ2v) is 5.92. The van der Waals surface area contributed by atoms with Crippen LogP contribution in [0.3, 0.4) is 0 Å². The number of anilines is 1. The number of Topliss-reactive ketones (excluding diaryl/α,β-unsaturated/α-hetero) is 1. The highest BCUT2D eigenvalue weighted by molar-refractivity contribution is 5.90. The van der Waals surface area contributed by atoms with Gasteiger partial charge in [0.05, 0.1) is 0 Å². The number of hydrogen-bond acceptors (Lipinski definition) is 2. The van der Waals surface area contributed by atoms with E-state index >= 15 is 0 Å². The van der Waals surface area contributed by atoms with E-state index in [1.165, 1.54) is 5.56 Å². The van der Waals surface area contributed by atoms with Crippen LogP contribution in [0, 0.1) is 5.92 Å². The molecule has 0 N–H and O–H groups in total. The van der Waals surface area contributed by atoms with Gasteiger partial charge in [-0.2, -0.15) is 0 Å². The van der Waals surface area contributed by atoms with Gasteiger partial charge in [0.15, 0.2) is 0 Å². The van der Waals surface area contributed by atoms with E-state index in [0.717, 1.165) is 24.9 Å². The Hall–Kier alpha value is -1.90. The number of amides is 1. The highest BCUT2D eigenvalue weighted by Gasteiger charge is 2.07. The van der Waals surface area contributed by atoms with Crippen molar-refractivity contribution in [2.75, 3.05) is 11.9 Å². The van der Waals surface area contributed by atoms with Gasteiger partial charge in [-0.1, -0.05) is 52.8 Å². The first kappa shape index (κ1) is 25.3. The quantitative estimate of drug-likeness (QED) is 0.582. The lowest BCUT2D eigenvalue weighted by Crippen LogP contribution is -2.22. The number of allylic oxidation sites excluding steroid dienone is 1. The van der Waals surface area contributed by atoms with Gasteiger partial charge in [0.25, 0.3) is 0 Å². The molecule has 3 heteroatoms. The predicted molar refractivity (Wildman–Crippen MR) is 110 cm³/mol. The third-order valence-electron chi connectivity index (χ3n) is 3.62. The van der Waals surface area contributed by atoms with Crippen molar-refractivity contribution < 1.29 is 9.59 Å². The van der Waals surface area contributed by atoms with Crippen molar-refractivity contribution in [3.05, 3.63) is 42.5 Å². The Morgan fingerprint density at radius 3 is 2.00 bits per heavy atom. The van der Waals surface area contributed by atoms with Crippen molar-refractivity contribution >= 4 is 17.4 Å². The molecule has 0 aliphatic heterocycles. The molecule has 0 heterocycles. The standard InChI is InChI=1S/C16H23NO2.C4H8.C2H6/c1-12(2)16(19)7-5-6-14-8-10-15(11-9-14)17(4)13(3)18;1-3-4-2;1-2/h8-12H,5-7H2,1-4H3;3H,1,4H2,2H3;1-2H3. The zero-order valence-electron chi connectivity index (χ0n) is 17.3. The minimum absolute atomic E-state index is 0.0234. The lowest BCUT2D eigenvalue weighted by Gasteiger charge is -2.15. The molecule has 0 radical (unpaired) electrons. The summed E-state index contributed by atoms with van der Waals surface area (Å²) >= 11 is 0. The van der Waals surface area contributed by atoms with Crippen LogP contribution in [0.15, 0.2) is 36.9 Å². The van der Waals surface area contributed by atoms with E-state index < -0.39 is 0 Å². The molecule has 0 atom stereocenters. The van der Waals surface area contributed by atoms with Crippen LogP contribution in [0.25, 0.3) is 0 Å². The van der Waals surface area contributed by atoms with Crippen LogP contribution in [0.4, 0.5) is 5.69 Å². The number of benzene rings is 1. The molecule has 25 heavy (non-hydrogen) atoms. The smallest absolute Gasteiger partial charge is 0.223 e. The molecule has 0 saturated heterocycles. The van der Waals surface area contributed by atoms with Crippen LogP contribution in [-0.2, 0) is 16.0 Å². The molecule has 3 nitrogen and oxygen atoms in total. The van der Waals surface area contributed by atoms with Gasteiger partial charge in [0.1, 0.15) is 5.78 Å². The van der Waals surface area contributed by atoms with Gasteiger partial charge in [-0.15, -0.1) is 6.58 Å². The van der Waals surface area contributed by atoms with E-state index in [0.29, 0.717) is 12.2 Å². The first-order chi connectivity index (χ1) is 11.8. The average Bonchev–Trinajstić information content (AvgIpc) is 2.63. The molecule has 0 aromatic heterocycles. The average molecular weight is 348 g/mol. The summed E-state index contributed by atoms with van der Waals surface area (Å²) in [6.45, 7) is 15.0. The maximum atomic E-state index is 11.5. The summed E-state index contributed by atoms with van der Waals surface area (Å²) in [6.07, 6.45) is 5.40. The van der Waals surface area contributed by atoms with Crippen LogP contribution in [0.5, 0.6) is 0 Å². The van der Waals surface area contributed by atoms with Crippen LogP contribution >= 0.6 is 0 Å². The number of ketones is 1. The number of carbonyl (C=O) groups excluding carboxylic acids is 2. The molecular formula is C22H37NO2. The minimum Gasteiger partial charge on any atom is -0.316 e. The first-order valence-corrected chi connectivity index (χ1v) is 9.30. The summed E-state index contributed by atoms with van der Waals surface area (Å²) in [6, 6.07) is 7.94. The van der Waals surface area contributed by atoms with Crippen LogP contribution < -0.4 is 4.90 Å². The van der Waals surface area contributed by atoms with E-state index in [2.05, 4.69) is 13.5 Å². The zero-order valence-corrected chi connectivity index (χ0v) is 17.3. The Bertz CT molecular complexity index is 489. The SMILES string of the molecule is C=CCC.CC.CC(=O)N(C)c1ccc(CCCC(=O)C(C)C)cc1. The monoisotopic (exact) mass is 347 g/mol. The lowest BCUT2D eigenvalue weighted by atomic mass is 10.0. The van der Waals surface area contributed by atoms with Crippen molar-refractivity contribution in [1.29, 1.82) is 0 Å². The Labute approximate surface area is 155 Å². The molecule has 0 aliphatic rings. The van der Waals surface area contributed by atoms with E-state index in [-0.39, 0.29) is 11.8 Å². The largest absolute Gasteiger partial charge is 0.316 e. The van der Waals surface area contributed by atoms with Gasteiger partial charge in [-0.05, 0) is 37.0 Å². The van der Waals surface area contributed by atoms with Gasteiger partial charge in [-0.25, -0.2) is 0 Å². The third-order valence-corrected chi connectivity index (χ3v) is 3.62. The fourth-order valence-corrected chi connectivity index (χ4v) is 1.82. The Morgan fingerprint density at radius 2 is 1.64 bits per heavy atom. The number of nitrogens with zero attached hydrogens (tertiary/aromatic N) is 1. The van der Waals surface area contributed by atoms with E-state index in [9.17, 15) is 9.59 Å². The summed E-state index contributed by atoms with van der Waals surface area (Å²) in [7, 11) is 1.76. The van der Waals surface area contributed by atoms with Crippen molar-refractivity contribution in [3.8, 4) is 0 Å². The maximum absolute atomic E-state index is 11.5. The normalized spacial score (nSPS) is 9.28. The summed E-state index contributed by atoms with van der Waals surface area (Å²) in [5, 5.41) is 0. The predicted octanol–water partition coefficient (Wildman–Crippen LogP) is 5.83. The summed E-state index contributed by atoms with van der Waals surface area (Å²) in [5.41, 5.74) is 2.10. The fourth-order valence-electron chi connectivity index (χ4n) is 1.82. The molecule has 1 amide bonds. The summed E-state index contributed by atoms with van der Waals surface area (Å²) < 4.78 is 0. The molecule has 0 bridgehead atoms. The second kappa shape index (κ2) is 15.6. The van der Waals surface area contributed by atoms with E-state index in [1.807, 2.05) is 58.0 Å². The van der Waals surface area contributed by atoms with Gasteiger partial charge < -0.3 is 4.90 Å². The summed E-state index contributed by atoms with van der Waals surface area (Å²) in [5.74, 6) is 0.481. The Balaban J connectivity index is 0. The van der Waals surface area contributed by atoms with Crippen LogP contribution in [0.2, 0.25) is 0 Å². The van der Waals surface area contributed by atoms with Crippen LogP contribution in [0.1, 0.15) is 66.4 Å². The van der Waals surface area contributed by atoms with Gasteiger partial charge in [0.2, 0.25) is 5.91 Å². The Kier molecular flexibility index (Phi) is 15.8. The van der Waals surface area contributed by atoms with Crippen molar-refractivity contribution in [3.63, 3.8) is 0 Å². The molecule has 1 rings (SSSR count). The van der Waals surface area contributed by atoms with Crippen LogP contribution in [-0.4, -0.2) is 18.7 Å². The number of hydrogen-bond donors (Lipinski definition) is 0. The lowest BCUT2D eigenvalue weighted by molar-refractivity contribution is -0.122. The fraction of sp³-hybridized carbons (Fsp3) is 0.545. The highest BCUT2D eigenvalue weighted by Crippen LogP contribution is 2.15. The zero-order chi connectivity index (χ0) is 19.8. The first-order valence-electron chi connectivity index (χ1n) is 9.30. The molecular weight excluding hydrogens is 310 g/mol.